The first-order chi connectivity index (χ1) is 10.1. The predicted molar refractivity (Wildman–Crippen MR) is 84.2 cm³/mol. The molecule has 4 nitrogen and oxygen atoms in total. The number of hydrogen-bond acceptors (Lipinski definition) is 4. The summed E-state index contributed by atoms with van der Waals surface area (Å²) in [6, 6.07) is 0. The van der Waals surface area contributed by atoms with Crippen molar-refractivity contribution in [3.8, 4) is 0 Å². The summed E-state index contributed by atoms with van der Waals surface area (Å²) in [4.78, 5) is 23.7. The van der Waals surface area contributed by atoms with E-state index in [1.54, 1.807) is 0 Å². The van der Waals surface area contributed by atoms with Gasteiger partial charge in [0, 0.05) is 0 Å². The molecule has 0 amide bonds. The van der Waals surface area contributed by atoms with Gasteiger partial charge in [-0.1, -0.05) is 20.8 Å². The number of rotatable bonds is 5. The SMILES string of the molecule is CCC(C)(C)C(=O)OCCC1(C)CC2CC(C)(CC(=O)O2)C1. The summed E-state index contributed by atoms with van der Waals surface area (Å²) >= 11 is 0. The summed E-state index contributed by atoms with van der Waals surface area (Å²) in [6.45, 7) is 10.7. The maximum Gasteiger partial charge on any atom is 0.311 e. The Morgan fingerprint density at radius 1 is 1.36 bits per heavy atom. The Labute approximate surface area is 133 Å². The van der Waals surface area contributed by atoms with Crippen molar-refractivity contribution in [3.05, 3.63) is 0 Å². The normalized spacial score (nSPS) is 35.0. The molecule has 2 bridgehead atoms. The fraction of sp³-hybridized carbons (Fsp3) is 0.889. The lowest BCUT2D eigenvalue weighted by molar-refractivity contribution is -0.174. The van der Waals surface area contributed by atoms with Gasteiger partial charge in [0.25, 0.3) is 0 Å². The van der Waals surface area contributed by atoms with E-state index in [1.165, 1.54) is 0 Å². The van der Waals surface area contributed by atoms with Crippen LogP contribution in [-0.4, -0.2) is 24.6 Å². The molecular formula is C18H30O4. The fourth-order valence-electron chi connectivity index (χ4n) is 4.06. The largest absolute Gasteiger partial charge is 0.465 e. The van der Waals surface area contributed by atoms with E-state index in [1.807, 2.05) is 20.8 Å². The fourth-order valence-corrected chi connectivity index (χ4v) is 4.06. The quantitative estimate of drug-likeness (QED) is 0.723. The minimum atomic E-state index is -0.411. The second-order valence-corrected chi connectivity index (χ2v) is 8.62. The Kier molecular flexibility index (Phi) is 4.61. The number of fused-ring (bicyclic) bond motifs is 2. The van der Waals surface area contributed by atoms with Gasteiger partial charge in [0.15, 0.2) is 0 Å². The molecule has 0 radical (unpaired) electrons. The lowest BCUT2D eigenvalue weighted by Crippen LogP contribution is -2.47. The molecule has 0 spiro atoms. The van der Waals surface area contributed by atoms with Gasteiger partial charge in [-0.25, -0.2) is 0 Å². The number of hydrogen-bond donors (Lipinski definition) is 0. The molecule has 1 heterocycles. The van der Waals surface area contributed by atoms with Gasteiger partial charge in [-0.2, -0.15) is 0 Å². The van der Waals surface area contributed by atoms with Gasteiger partial charge >= 0.3 is 11.9 Å². The third-order valence-electron chi connectivity index (χ3n) is 5.54. The molecule has 0 aromatic rings. The summed E-state index contributed by atoms with van der Waals surface area (Å²) in [7, 11) is 0. The molecule has 2 rings (SSSR count). The van der Waals surface area contributed by atoms with Crippen LogP contribution in [0, 0.1) is 16.2 Å². The van der Waals surface area contributed by atoms with Crippen LogP contribution in [0.2, 0.25) is 0 Å². The van der Waals surface area contributed by atoms with E-state index in [-0.39, 0.29) is 28.9 Å². The number of carbonyl (C=O) groups excluding carboxylic acids is 2. The maximum absolute atomic E-state index is 12.1. The molecule has 1 saturated carbocycles. The number of esters is 2. The molecule has 0 aromatic carbocycles. The highest BCUT2D eigenvalue weighted by Gasteiger charge is 2.49. The molecule has 0 N–H and O–H groups in total. The van der Waals surface area contributed by atoms with Crippen LogP contribution in [0.15, 0.2) is 0 Å². The van der Waals surface area contributed by atoms with E-state index in [0.29, 0.717) is 13.0 Å². The van der Waals surface area contributed by atoms with Gasteiger partial charge in [0.05, 0.1) is 18.4 Å². The Morgan fingerprint density at radius 3 is 2.64 bits per heavy atom. The Hall–Kier alpha value is -1.06. The molecule has 3 unspecified atom stereocenters. The van der Waals surface area contributed by atoms with Crippen LogP contribution in [0.5, 0.6) is 0 Å². The lowest BCUT2D eigenvalue weighted by Gasteiger charge is -2.50. The molecule has 0 aromatic heterocycles. The molecular weight excluding hydrogens is 280 g/mol. The average molecular weight is 310 g/mol. The van der Waals surface area contributed by atoms with E-state index in [0.717, 1.165) is 32.1 Å². The lowest BCUT2D eigenvalue weighted by atomic mass is 9.59. The van der Waals surface area contributed by atoms with E-state index in [4.69, 9.17) is 9.47 Å². The third-order valence-corrected chi connectivity index (χ3v) is 5.54. The zero-order valence-electron chi connectivity index (χ0n) is 14.7. The van der Waals surface area contributed by atoms with Crippen LogP contribution in [-0.2, 0) is 19.1 Å². The zero-order valence-corrected chi connectivity index (χ0v) is 14.7. The molecule has 1 aliphatic heterocycles. The van der Waals surface area contributed by atoms with Crippen LogP contribution in [0.3, 0.4) is 0 Å². The first-order valence-electron chi connectivity index (χ1n) is 8.44. The van der Waals surface area contributed by atoms with Crippen molar-refractivity contribution >= 4 is 11.9 Å². The second-order valence-electron chi connectivity index (χ2n) is 8.62. The highest BCUT2D eigenvalue weighted by molar-refractivity contribution is 5.75. The molecule has 1 saturated heterocycles. The minimum Gasteiger partial charge on any atom is -0.465 e. The standard InChI is InChI=1S/C18H30O4/c1-6-16(2,3)15(20)21-8-7-17(4)9-13-10-18(5,12-17)11-14(19)22-13/h13H,6-12H2,1-5H3. The van der Waals surface area contributed by atoms with Crippen molar-refractivity contribution in [3.63, 3.8) is 0 Å². The summed E-state index contributed by atoms with van der Waals surface area (Å²) in [5.74, 6) is -0.177. The first kappa shape index (κ1) is 17.3. The summed E-state index contributed by atoms with van der Waals surface area (Å²) < 4.78 is 11.0. The highest BCUT2D eigenvalue weighted by Crippen LogP contribution is 2.53. The predicted octanol–water partition coefficient (Wildman–Crippen LogP) is 3.87. The van der Waals surface area contributed by atoms with Crippen molar-refractivity contribution < 1.29 is 19.1 Å². The zero-order chi connectivity index (χ0) is 16.6. The van der Waals surface area contributed by atoms with Gasteiger partial charge < -0.3 is 9.47 Å². The van der Waals surface area contributed by atoms with Crippen molar-refractivity contribution in [2.24, 2.45) is 16.2 Å². The van der Waals surface area contributed by atoms with Gasteiger partial charge in [-0.05, 0) is 56.8 Å². The van der Waals surface area contributed by atoms with E-state index < -0.39 is 5.41 Å². The van der Waals surface area contributed by atoms with Gasteiger partial charge in [-0.3, -0.25) is 9.59 Å². The maximum atomic E-state index is 12.1. The van der Waals surface area contributed by atoms with E-state index >= 15 is 0 Å². The van der Waals surface area contributed by atoms with Crippen LogP contribution in [0.25, 0.3) is 0 Å². The van der Waals surface area contributed by atoms with Gasteiger partial charge in [-0.15, -0.1) is 0 Å². The van der Waals surface area contributed by atoms with Crippen molar-refractivity contribution in [2.75, 3.05) is 6.61 Å². The van der Waals surface area contributed by atoms with Crippen molar-refractivity contribution in [1.29, 1.82) is 0 Å². The number of ether oxygens (including phenoxy) is 2. The monoisotopic (exact) mass is 310 g/mol. The Bertz CT molecular complexity index is 456. The Balaban J connectivity index is 1.90. The molecule has 2 aliphatic rings. The summed E-state index contributed by atoms with van der Waals surface area (Å²) in [5, 5.41) is 0. The van der Waals surface area contributed by atoms with Crippen LogP contribution in [0.4, 0.5) is 0 Å². The average Bonchev–Trinajstić information content (AvgIpc) is 2.35. The van der Waals surface area contributed by atoms with E-state index in [2.05, 4.69) is 13.8 Å². The van der Waals surface area contributed by atoms with Crippen molar-refractivity contribution in [1.82, 2.24) is 0 Å². The van der Waals surface area contributed by atoms with Crippen molar-refractivity contribution in [2.45, 2.75) is 79.2 Å². The smallest absolute Gasteiger partial charge is 0.311 e. The van der Waals surface area contributed by atoms with Gasteiger partial charge in [0.1, 0.15) is 6.10 Å². The summed E-state index contributed by atoms with van der Waals surface area (Å²) in [6.07, 6.45) is 5.01. The van der Waals surface area contributed by atoms with E-state index in [9.17, 15) is 9.59 Å². The molecule has 3 atom stereocenters. The molecule has 2 fully saturated rings. The van der Waals surface area contributed by atoms with Gasteiger partial charge in [0.2, 0.25) is 0 Å². The molecule has 4 heteroatoms. The second kappa shape index (κ2) is 5.86. The summed E-state index contributed by atoms with van der Waals surface area (Å²) in [5.41, 5.74) is -0.291. The topological polar surface area (TPSA) is 52.6 Å². The highest BCUT2D eigenvalue weighted by atomic mass is 16.5. The van der Waals surface area contributed by atoms with Crippen LogP contribution < -0.4 is 0 Å². The number of carbonyl (C=O) groups is 2. The molecule has 126 valence electrons. The first-order valence-corrected chi connectivity index (χ1v) is 8.44. The minimum absolute atomic E-state index is 0.0350. The Morgan fingerprint density at radius 2 is 2.05 bits per heavy atom. The van der Waals surface area contributed by atoms with Crippen LogP contribution >= 0.6 is 0 Å². The molecule has 1 aliphatic carbocycles. The third kappa shape index (κ3) is 3.82. The van der Waals surface area contributed by atoms with Crippen LogP contribution in [0.1, 0.15) is 73.1 Å². The molecule has 22 heavy (non-hydrogen) atoms.